The summed E-state index contributed by atoms with van der Waals surface area (Å²) in [6.45, 7) is 1.98. The van der Waals surface area contributed by atoms with Gasteiger partial charge in [0.15, 0.2) is 11.5 Å². The average Bonchev–Trinajstić information content (AvgIpc) is 2.46. The van der Waals surface area contributed by atoms with Gasteiger partial charge in [0.2, 0.25) is 0 Å². The van der Waals surface area contributed by atoms with Crippen molar-refractivity contribution in [2.24, 2.45) is 0 Å². The Kier molecular flexibility index (Phi) is 4.07. The normalized spacial score (nSPS) is 12.0. The number of hydrogen-bond acceptors (Lipinski definition) is 3. The number of benzene rings is 2. The third-order valence-corrected chi connectivity index (χ3v) is 3.21. The van der Waals surface area contributed by atoms with Gasteiger partial charge >= 0.3 is 0 Å². The van der Waals surface area contributed by atoms with Gasteiger partial charge in [0.1, 0.15) is 6.10 Å². The lowest BCUT2D eigenvalue weighted by molar-refractivity contribution is 0.212. The van der Waals surface area contributed by atoms with Crippen molar-refractivity contribution in [1.29, 1.82) is 0 Å². The van der Waals surface area contributed by atoms with Gasteiger partial charge in [0.25, 0.3) is 0 Å². The first kappa shape index (κ1) is 13.4. The van der Waals surface area contributed by atoms with Crippen LogP contribution in [-0.4, -0.2) is 19.3 Å². The number of aliphatic hydroxyl groups is 1. The summed E-state index contributed by atoms with van der Waals surface area (Å²) in [7, 11) is 3.16. The van der Waals surface area contributed by atoms with Crippen LogP contribution < -0.4 is 9.47 Å². The molecular formula is C16H18O3. The fourth-order valence-electron chi connectivity index (χ4n) is 2.19. The summed E-state index contributed by atoms with van der Waals surface area (Å²) in [4.78, 5) is 0. The van der Waals surface area contributed by atoms with Gasteiger partial charge in [-0.1, -0.05) is 36.4 Å². The zero-order chi connectivity index (χ0) is 13.8. The van der Waals surface area contributed by atoms with Crippen LogP contribution in [0.3, 0.4) is 0 Å². The molecule has 0 saturated carbocycles. The number of hydrogen-bond donors (Lipinski definition) is 1. The minimum absolute atomic E-state index is 0.570. The summed E-state index contributed by atoms with van der Waals surface area (Å²) < 4.78 is 10.6. The van der Waals surface area contributed by atoms with Crippen molar-refractivity contribution in [1.82, 2.24) is 0 Å². The Morgan fingerprint density at radius 1 is 0.895 bits per heavy atom. The van der Waals surface area contributed by atoms with Gasteiger partial charge in [-0.3, -0.25) is 0 Å². The van der Waals surface area contributed by atoms with Gasteiger partial charge in [-0.15, -0.1) is 0 Å². The molecule has 0 radical (unpaired) electrons. The first-order valence-corrected chi connectivity index (χ1v) is 6.13. The van der Waals surface area contributed by atoms with E-state index in [9.17, 15) is 5.11 Å². The predicted molar refractivity (Wildman–Crippen MR) is 74.8 cm³/mol. The molecule has 100 valence electrons. The summed E-state index contributed by atoms with van der Waals surface area (Å²) in [5.41, 5.74) is 2.62. The fourth-order valence-corrected chi connectivity index (χ4v) is 2.19. The Bertz CT molecular complexity index is 564. The molecule has 1 unspecified atom stereocenters. The lowest BCUT2D eigenvalue weighted by Crippen LogP contribution is -2.05. The van der Waals surface area contributed by atoms with Crippen molar-refractivity contribution >= 4 is 0 Å². The summed E-state index contributed by atoms with van der Waals surface area (Å²) in [6, 6.07) is 13.3. The van der Waals surface area contributed by atoms with E-state index >= 15 is 0 Å². The molecule has 0 aliphatic carbocycles. The van der Waals surface area contributed by atoms with Crippen LogP contribution in [0.1, 0.15) is 22.8 Å². The number of para-hydroxylation sites is 1. The minimum atomic E-state index is -0.730. The maximum absolute atomic E-state index is 10.6. The van der Waals surface area contributed by atoms with Crippen molar-refractivity contribution < 1.29 is 14.6 Å². The largest absolute Gasteiger partial charge is 0.493 e. The molecule has 0 bridgehead atoms. The molecule has 1 N–H and O–H groups in total. The molecule has 0 aromatic heterocycles. The van der Waals surface area contributed by atoms with E-state index in [1.54, 1.807) is 14.2 Å². The molecule has 2 aromatic rings. The Hall–Kier alpha value is -2.00. The molecule has 0 fully saturated rings. The van der Waals surface area contributed by atoms with E-state index in [0.717, 1.165) is 11.1 Å². The first-order valence-electron chi connectivity index (χ1n) is 6.13. The average molecular weight is 258 g/mol. The monoisotopic (exact) mass is 258 g/mol. The summed E-state index contributed by atoms with van der Waals surface area (Å²) in [6.07, 6.45) is -0.730. The third kappa shape index (κ3) is 2.56. The second-order valence-electron chi connectivity index (χ2n) is 4.34. The molecule has 0 amide bonds. The van der Waals surface area contributed by atoms with Gasteiger partial charge in [-0.25, -0.2) is 0 Å². The first-order chi connectivity index (χ1) is 9.19. The highest BCUT2D eigenvalue weighted by molar-refractivity contribution is 5.50. The molecule has 1 atom stereocenters. The van der Waals surface area contributed by atoms with E-state index in [4.69, 9.17) is 9.47 Å². The maximum Gasteiger partial charge on any atom is 0.166 e. The summed E-state index contributed by atoms with van der Waals surface area (Å²) >= 11 is 0. The number of ether oxygens (including phenoxy) is 2. The Labute approximate surface area is 113 Å². The third-order valence-electron chi connectivity index (χ3n) is 3.21. The quantitative estimate of drug-likeness (QED) is 0.915. The molecule has 0 aliphatic heterocycles. The second kappa shape index (κ2) is 5.76. The highest BCUT2D eigenvalue weighted by atomic mass is 16.5. The number of methoxy groups -OCH3 is 2. The topological polar surface area (TPSA) is 38.7 Å². The molecular weight excluding hydrogens is 240 g/mol. The van der Waals surface area contributed by atoms with Gasteiger partial charge in [0, 0.05) is 5.56 Å². The summed E-state index contributed by atoms with van der Waals surface area (Å²) in [5, 5.41) is 10.6. The van der Waals surface area contributed by atoms with E-state index in [2.05, 4.69) is 0 Å². The highest BCUT2D eigenvalue weighted by Gasteiger charge is 2.19. The van der Waals surface area contributed by atoms with Crippen LogP contribution in [-0.2, 0) is 0 Å². The van der Waals surface area contributed by atoms with E-state index in [-0.39, 0.29) is 0 Å². The van der Waals surface area contributed by atoms with Crippen LogP contribution in [0.15, 0.2) is 42.5 Å². The molecule has 2 rings (SSSR count). The molecule has 0 aliphatic rings. The van der Waals surface area contributed by atoms with Gasteiger partial charge in [0.05, 0.1) is 14.2 Å². The smallest absolute Gasteiger partial charge is 0.166 e. The maximum atomic E-state index is 10.6. The van der Waals surface area contributed by atoms with Gasteiger partial charge in [-0.2, -0.15) is 0 Å². The van der Waals surface area contributed by atoms with Crippen molar-refractivity contribution in [2.75, 3.05) is 14.2 Å². The van der Waals surface area contributed by atoms with Gasteiger partial charge < -0.3 is 14.6 Å². The second-order valence-corrected chi connectivity index (χ2v) is 4.34. The zero-order valence-corrected chi connectivity index (χ0v) is 11.4. The van der Waals surface area contributed by atoms with Crippen molar-refractivity contribution in [3.05, 3.63) is 59.2 Å². The minimum Gasteiger partial charge on any atom is -0.493 e. The predicted octanol–water partition coefficient (Wildman–Crippen LogP) is 3.09. The van der Waals surface area contributed by atoms with E-state index in [0.29, 0.717) is 17.1 Å². The lowest BCUT2D eigenvalue weighted by Gasteiger charge is -2.18. The Morgan fingerprint density at radius 3 is 2.21 bits per heavy atom. The molecule has 0 heterocycles. The number of aliphatic hydroxyl groups excluding tert-OH is 1. The summed E-state index contributed by atoms with van der Waals surface area (Å²) in [5.74, 6) is 1.19. The zero-order valence-electron chi connectivity index (χ0n) is 11.4. The van der Waals surface area contributed by atoms with Crippen LogP contribution in [0.5, 0.6) is 11.5 Å². The Morgan fingerprint density at radius 2 is 1.58 bits per heavy atom. The van der Waals surface area contributed by atoms with E-state index in [1.807, 2.05) is 49.4 Å². The molecule has 3 nitrogen and oxygen atoms in total. The molecule has 19 heavy (non-hydrogen) atoms. The van der Waals surface area contributed by atoms with Crippen molar-refractivity contribution in [2.45, 2.75) is 13.0 Å². The van der Waals surface area contributed by atoms with Crippen LogP contribution in [0.4, 0.5) is 0 Å². The van der Waals surface area contributed by atoms with E-state index < -0.39 is 6.10 Å². The fraction of sp³-hybridized carbons (Fsp3) is 0.250. The van der Waals surface area contributed by atoms with Crippen LogP contribution >= 0.6 is 0 Å². The van der Waals surface area contributed by atoms with Crippen molar-refractivity contribution in [3.8, 4) is 11.5 Å². The SMILES string of the molecule is COc1cccc(C(O)c2ccccc2C)c1OC. The lowest BCUT2D eigenvalue weighted by atomic mass is 9.96. The standard InChI is InChI=1S/C16H18O3/c1-11-7-4-5-8-12(11)15(17)13-9-6-10-14(18-2)16(13)19-3/h4-10,15,17H,1-3H3. The van der Waals surface area contributed by atoms with E-state index in [1.165, 1.54) is 0 Å². The molecule has 0 spiro atoms. The number of rotatable bonds is 4. The van der Waals surface area contributed by atoms with Crippen LogP contribution in [0.2, 0.25) is 0 Å². The number of aryl methyl sites for hydroxylation is 1. The van der Waals surface area contributed by atoms with Crippen LogP contribution in [0.25, 0.3) is 0 Å². The molecule has 0 saturated heterocycles. The van der Waals surface area contributed by atoms with Crippen LogP contribution in [0, 0.1) is 6.92 Å². The Balaban J connectivity index is 2.50. The van der Waals surface area contributed by atoms with Gasteiger partial charge in [-0.05, 0) is 24.1 Å². The van der Waals surface area contributed by atoms with Crippen molar-refractivity contribution in [3.63, 3.8) is 0 Å². The highest BCUT2D eigenvalue weighted by Crippen LogP contribution is 2.37. The molecule has 2 aromatic carbocycles. The molecule has 3 heteroatoms.